The van der Waals surface area contributed by atoms with Crippen LogP contribution >= 0.6 is 0 Å². The molecule has 92 valence electrons. The van der Waals surface area contributed by atoms with E-state index < -0.39 is 4.92 Å². The van der Waals surface area contributed by atoms with Crippen molar-refractivity contribution in [3.8, 4) is 16.9 Å². The molecule has 0 aromatic heterocycles. The number of hydrogen-bond acceptors (Lipinski definition) is 4. The van der Waals surface area contributed by atoms with Crippen molar-refractivity contribution in [1.29, 1.82) is 0 Å². The predicted octanol–water partition coefficient (Wildman–Crippen LogP) is 2.86. The molecular formula is C13H12N2O3. The molecule has 0 heterocycles. The van der Waals surface area contributed by atoms with Gasteiger partial charge in [-0.3, -0.25) is 10.1 Å². The Morgan fingerprint density at radius 1 is 1.22 bits per heavy atom. The second-order valence-corrected chi connectivity index (χ2v) is 3.98. The van der Waals surface area contributed by atoms with Gasteiger partial charge in [-0.2, -0.15) is 0 Å². The standard InChI is InChI=1S/C13H12N2O3/c1-8-10(3-2-4-12(8)15(17)18)11-6-5-9(14)7-13(11)16/h2-7,16H,14H2,1H3. The number of hydrogen-bond donors (Lipinski definition) is 2. The molecule has 0 fully saturated rings. The molecule has 0 aliphatic carbocycles. The molecule has 0 saturated carbocycles. The highest BCUT2D eigenvalue weighted by Gasteiger charge is 2.16. The first-order chi connectivity index (χ1) is 8.50. The van der Waals surface area contributed by atoms with Crippen LogP contribution in [0.5, 0.6) is 5.75 Å². The molecule has 0 spiro atoms. The highest BCUT2D eigenvalue weighted by atomic mass is 16.6. The summed E-state index contributed by atoms with van der Waals surface area (Å²) in [7, 11) is 0. The Balaban J connectivity index is 2.64. The van der Waals surface area contributed by atoms with Gasteiger partial charge in [-0.15, -0.1) is 0 Å². The Bertz CT molecular complexity index is 624. The molecule has 2 rings (SSSR count). The lowest BCUT2D eigenvalue weighted by atomic mass is 9.98. The minimum absolute atomic E-state index is 0.0126. The number of benzene rings is 2. The van der Waals surface area contributed by atoms with Crippen molar-refractivity contribution in [2.24, 2.45) is 0 Å². The van der Waals surface area contributed by atoms with Gasteiger partial charge in [-0.25, -0.2) is 0 Å². The Kier molecular flexibility index (Phi) is 2.89. The number of phenols is 1. The van der Waals surface area contributed by atoms with E-state index in [0.717, 1.165) is 0 Å². The summed E-state index contributed by atoms with van der Waals surface area (Å²) in [6.45, 7) is 1.66. The Labute approximate surface area is 104 Å². The van der Waals surface area contributed by atoms with E-state index in [1.807, 2.05) is 0 Å². The minimum atomic E-state index is -0.437. The third-order valence-corrected chi connectivity index (χ3v) is 2.81. The van der Waals surface area contributed by atoms with E-state index >= 15 is 0 Å². The topological polar surface area (TPSA) is 89.4 Å². The van der Waals surface area contributed by atoms with E-state index in [1.165, 1.54) is 12.1 Å². The smallest absolute Gasteiger partial charge is 0.272 e. The summed E-state index contributed by atoms with van der Waals surface area (Å²) in [6.07, 6.45) is 0. The van der Waals surface area contributed by atoms with Gasteiger partial charge >= 0.3 is 0 Å². The van der Waals surface area contributed by atoms with Gasteiger partial charge in [0, 0.05) is 28.9 Å². The molecule has 3 N–H and O–H groups in total. The fraction of sp³-hybridized carbons (Fsp3) is 0.0769. The normalized spacial score (nSPS) is 10.3. The lowest BCUT2D eigenvalue weighted by Crippen LogP contribution is -1.94. The summed E-state index contributed by atoms with van der Waals surface area (Å²) in [5.41, 5.74) is 7.70. The maximum Gasteiger partial charge on any atom is 0.272 e. The van der Waals surface area contributed by atoms with E-state index in [2.05, 4.69) is 0 Å². The van der Waals surface area contributed by atoms with Crippen molar-refractivity contribution in [2.75, 3.05) is 5.73 Å². The zero-order valence-corrected chi connectivity index (χ0v) is 9.75. The van der Waals surface area contributed by atoms with Gasteiger partial charge in [0.15, 0.2) is 0 Å². The first-order valence-corrected chi connectivity index (χ1v) is 5.33. The van der Waals surface area contributed by atoms with Crippen molar-refractivity contribution < 1.29 is 10.0 Å². The largest absolute Gasteiger partial charge is 0.507 e. The van der Waals surface area contributed by atoms with Crippen LogP contribution in [0.3, 0.4) is 0 Å². The minimum Gasteiger partial charge on any atom is -0.507 e. The van der Waals surface area contributed by atoms with Crippen LogP contribution in [-0.4, -0.2) is 10.0 Å². The highest BCUT2D eigenvalue weighted by molar-refractivity contribution is 5.77. The number of nitro groups is 1. The molecule has 0 unspecified atom stereocenters. The molecule has 0 saturated heterocycles. The lowest BCUT2D eigenvalue weighted by molar-refractivity contribution is -0.385. The molecule has 0 amide bonds. The van der Waals surface area contributed by atoms with Gasteiger partial charge in [-0.05, 0) is 24.6 Å². The molecule has 0 atom stereocenters. The molecular weight excluding hydrogens is 232 g/mol. The van der Waals surface area contributed by atoms with E-state index in [1.54, 1.807) is 31.2 Å². The van der Waals surface area contributed by atoms with Crippen molar-refractivity contribution in [3.05, 3.63) is 52.1 Å². The zero-order valence-electron chi connectivity index (χ0n) is 9.75. The molecule has 18 heavy (non-hydrogen) atoms. The summed E-state index contributed by atoms with van der Waals surface area (Å²) in [6, 6.07) is 9.48. The van der Waals surface area contributed by atoms with Crippen molar-refractivity contribution in [2.45, 2.75) is 6.92 Å². The van der Waals surface area contributed by atoms with Gasteiger partial charge in [-0.1, -0.05) is 12.1 Å². The van der Waals surface area contributed by atoms with E-state index in [0.29, 0.717) is 22.4 Å². The summed E-state index contributed by atoms with van der Waals surface area (Å²) in [4.78, 5) is 10.4. The molecule has 0 radical (unpaired) electrons. The van der Waals surface area contributed by atoms with Crippen LogP contribution in [-0.2, 0) is 0 Å². The van der Waals surface area contributed by atoms with Crippen LogP contribution in [0.1, 0.15) is 5.56 Å². The maximum atomic E-state index is 10.9. The summed E-state index contributed by atoms with van der Waals surface area (Å²) in [5.74, 6) is 0.0126. The zero-order chi connectivity index (χ0) is 13.3. The maximum absolute atomic E-state index is 10.9. The van der Waals surface area contributed by atoms with Crippen LogP contribution in [0.4, 0.5) is 11.4 Å². The van der Waals surface area contributed by atoms with Crippen molar-refractivity contribution in [1.82, 2.24) is 0 Å². The van der Waals surface area contributed by atoms with Crippen molar-refractivity contribution in [3.63, 3.8) is 0 Å². The van der Waals surface area contributed by atoms with E-state index in [9.17, 15) is 15.2 Å². The predicted molar refractivity (Wildman–Crippen MR) is 69.3 cm³/mol. The Morgan fingerprint density at radius 2 is 1.94 bits per heavy atom. The number of nitrogens with zero attached hydrogens (tertiary/aromatic N) is 1. The monoisotopic (exact) mass is 244 g/mol. The molecule has 5 heteroatoms. The lowest BCUT2D eigenvalue weighted by Gasteiger charge is -2.09. The average molecular weight is 244 g/mol. The molecule has 0 aliphatic heterocycles. The molecule has 0 aliphatic rings. The van der Waals surface area contributed by atoms with Gasteiger partial charge < -0.3 is 10.8 Å². The van der Waals surface area contributed by atoms with Crippen molar-refractivity contribution >= 4 is 11.4 Å². The third-order valence-electron chi connectivity index (χ3n) is 2.81. The molecule has 2 aromatic carbocycles. The van der Waals surface area contributed by atoms with Crippen LogP contribution in [0.15, 0.2) is 36.4 Å². The molecule has 5 nitrogen and oxygen atoms in total. The molecule has 2 aromatic rings. The van der Waals surface area contributed by atoms with Crippen LogP contribution in [0.2, 0.25) is 0 Å². The van der Waals surface area contributed by atoms with Crippen LogP contribution in [0, 0.1) is 17.0 Å². The SMILES string of the molecule is Cc1c(-c2ccc(N)cc2O)cccc1[N+](=O)[O-]. The summed E-state index contributed by atoms with van der Waals surface area (Å²) >= 11 is 0. The average Bonchev–Trinajstić information content (AvgIpc) is 2.30. The number of rotatable bonds is 2. The highest BCUT2D eigenvalue weighted by Crippen LogP contribution is 2.35. The fourth-order valence-corrected chi connectivity index (χ4v) is 1.89. The van der Waals surface area contributed by atoms with E-state index in [-0.39, 0.29) is 11.4 Å². The van der Waals surface area contributed by atoms with Crippen LogP contribution in [0.25, 0.3) is 11.1 Å². The Morgan fingerprint density at radius 3 is 2.56 bits per heavy atom. The second kappa shape index (κ2) is 4.37. The Hall–Kier alpha value is -2.56. The second-order valence-electron chi connectivity index (χ2n) is 3.98. The fourth-order valence-electron chi connectivity index (χ4n) is 1.89. The number of aromatic hydroxyl groups is 1. The number of nitro benzene ring substituents is 1. The summed E-state index contributed by atoms with van der Waals surface area (Å²) in [5, 5.41) is 20.7. The first-order valence-electron chi connectivity index (χ1n) is 5.33. The quantitative estimate of drug-likeness (QED) is 0.483. The van der Waals surface area contributed by atoms with Gasteiger partial charge in [0.05, 0.1) is 4.92 Å². The number of phenolic OH excluding ortho intramolecular Hbond substituents is 1. The van der Waals surface area contributed by atoms with Gasteiger partial charge in [0.1, 0.15) is 5.75 Å². The number of anilines is 1. The van der Waals surface area contributed by atoms with Crippen LogP contribution < -0.4 is 5.73 Å². The first kappa shape index (κ1) is 11.9. The molecule has 0 bridgehead atoms. The third kappa shape index (κ3) is 1.98. The summed E-state index contributed by atoms with van der Waals surface area (Å²) < 4.78 is 0. The number of nitrogen functional groups attached to an aromatic ring is 1. The van der Waals surface area contributed by atoms with E-state index in [4.69, 9.17) is 5.73 Å². The van der Waals surface area contributed by atoms with Gasteiger partial charge in [0.25, 0.3) is 5.69 Å². The number of nitrogens with two attached hydrogens (primary N) is 1. The van der Waals surface area contributed by atoms with Gasteiger partial charge in [0.2, 0.25) is 0 Å².